The van der Waals surface area contributed by atoms with Crippen LogP contribution >= 0.6 is 27.5 Å². The van der Waals surface area contributed by atoms with Gasteiger partial charge in [-0.2, -0.15) is 5.10 Å². The maximum absolute atomic E-state index is 12.3. The number of ether oxygens (including phenoxy) is 2. The van der Waals surface area contributed by atoms with E-state index in [4.69, 9.17) is 21.1 Å². The molecule has 34 heavy (non-hydrogen) atoms. The molecule has 0 radical (unpaired) electrons. The Hall–Kier alpha value is -3.68. The predicted molar refractivity (Wildman–Crippen MR) is 136 cm³/mol. The fourth-order valence-corrected chi connectivity index (χ4v) is 3.82. The van der Waals surface area contributed by atoms with Crippen LogP contribution in [-0.4, -0.2) is 24.7 Å². The fraction of sp³-hybridized carbons (Fsp3) is 0.0385. The Labute approximate surface area is 209 Å². The summed E-state index contributed by atoms with van der Waals surface area (Å²) in [7, 11) is 0. The number of hydrogen-bond acceptors (Lipinski definition) is 5. The van der Waals surface area contributed by atoms with Crippen LogP contribution in [0.2, 0.25) is 5.02 Å². The van der Waals surface area contributed by atoms with Gasteiger partial charge in [0.2, 0.25) is 0 Å². The van der Waals surface area contributed by atoms with E-state index in [0.717, 1.165) is 15.2 Å². The highest BCUT2D eigenvalue weighted by Gasteiger charge is 2.10. The number of nitrogens with one attached hydrogen (secondary N) is 1. The summed E-state index contributed by atoms with van der Waals surface area (Å²) in [5, 5.41) is 6.54. The van der Waals surface area contributed by atoms with Crippen molar-refractivity contribution in [1.29, 1.82) is 0 Å². The summed E-state index contributed by atoms with van der Waals surface area (Å²) in [6.45, 7) is -0.201. The molecule has 4 aromatic rings. The van der Waals surface area contributed by atoms with E-state index >= 15 is 0 Å². The summed E-state index contributed by atoms with van der Waals surface area (Å²) in [5.74, 6) is -0.00886. The van der Waals surface area contributed by atoms with Crippen molar-refractivity contribution in [3.63, 3.8) is 0 Å². The van der Waals surface area contributed by atoms with Crippen LogP contribution in [0.3, 0.4) is 0 Å². The number of esters is 1. The molecule has 0 saturated carbocycles. The molecular weight excluding hydrogens is 520 g/mol. The number of fused-ring (bicyclic) bond motifs is 1. The first-order chi connectivity index (χ1) is 16.5. The normalized spacial score (nSPS) is 10.9. The van der Waals surface area contributed by atoms with E-state index in [2.05, 4.69) is 26.5 Å². The molecular formula is C26H18BrClN2O4. The van der Waals surface area contributed by atoms with Crippen molar-refractivity contribution in [2.75, 3.05) is 6.61 Å². The Morgan fingerprint density at radius 2 is 1.76 bits per heavy atom. The first-order valence-corrected chi connectivity index (χ1v) is 11.4. The highest BCUT2D eigenvalue weighted by atomic mass is 79.9. The van der Waals surface area contributed by atoms with Crippen molar-refractivity contribution in [3.05, 3.63) is 106 Å². The molecule has 0 aliphatic carbocycles. The second kappa shape index (κ2) is 11.0. The van der Waals surface area contributed by atoms with Crippen LogP contribution in [0.25, 0.3) is 10.8 Å². The van der Waals surface area contributed by atoms with Crippen LogP contribution in [0.5, 0.6) is 11.5 Å². The van der Waals surface area contributed by atoms with Crippen molar-refractivity contribution >= 4 is 56.4 Å². The summed E-state index contributed by atoms with van der Waals surface area (Å²) in [5.41, 5.74) is 3.44. The predicted octanol–water partition coefficient (Wildman–Crippen LogP) is 6.00. The average molecular weight is 538 g/mol. The molecule has 1 N–H and O–H groups in total. The van der Waals surface area contributed by atoms with Crippen molar-refractivity contribution in [2.45, 2.75) is 0 Å². The van der Waals surface area contributed by atoms with Gasteiger partial charge in [-0.25, -0.2) is 10.2 Å². The number of amides is 1. The molecule has 0 aliphatic heterocycles. The van der Waals surface area contributed by atoms with Crippen molar-refractivity contribution in [2.24, 2.45) is 5.10 Å². The molecule has 0 saturated heterocycles. The molecule has 170 valence electrons. The molecule has 0 atom stereocenters. The van der Waals surface area contributed by atoms with Gasteiger partial charge in [0.25, 0.3) is 5.91 Å². The highest BCUT2D eigenvalue weighted by molar-refractivity contribution is 9.10. The maximum atomic E-state index is 12.3. The van der Waals surface area contributed by atoms with E-state index in [1.54, 1.807) is 54.6 Å². The molecule has 0 aromatic heterocycles. The smallest absolute Gasteiger partial charge is 0.343 e. The molecule has 4 aromatic carbocycles. The van der Waals surface area contributed by atoms with Gasteiger partial charge in [0.05, 0.1) is 16.3 Å². The second-order valence-electron chi connectivity index (χ2n) is 7.15. The molecule has 1 amide bonds. The van der Waals surface area contributed by atoms with Crippen molar-refractivity contribution < 1.29 is 19.1 Å². The summed E-state index contributed by atoms with van der Waals surface area (Å²) < 4.78 is 11.8. The SMILES string of the molecule is O=C(COc1ccc2ccccc2c1Br)N/N=C\c1cccc(OC(=O)c2ccc(Cl)cc2)c1. The number of carbonyl (C=O) groups is 2. The number of hydrazone groups is 1. The molecule has 6 nitrogen and oxygen atoms in total. The number of benzene rings is 4. The number of carbonyl (C=O) groups excluding carboxylic acids is 2. The Kier molecular flexibility index (Phi) is 7.57. The third-order valence-electron chi connectivity index (χ3n) is 4.74. The van der Waals surface area contributed by atoms with Gasteiger partial charge in [-0.15, -0.1) is 0 Å². The third-order valence-corrected chi connectivity index (χ3v) is 5.81. The van der Waals surface area contributed by atoms with Crippen LogP contribution < -0.4 is 14.9 Å². The van der Waals surface area contributed by atoms with E-state index in [1.165, 1.54) is 6.21 Å². The second-order valence-corrected chi connectivity index (χ2v) is 8.38. The lowest BCUT2D eigenvalue weighted by atomic mass is 10.1. The van der Waals surface area contributed by atoms with Gasteiger partial charge in [-0.1, -0.05) is 54.1 Å². The van der Waals surface area contributed by atoms with Gasteiger partial charge in [-0.3, -0.25) is 4.79 Å². The largest absolute Gasteiger partial charge is 0.483 e. The standard InChI is InChI=1S/C26H18BrClN2O4/c27-25-22-7-2-1-5-18(22)10-13-23(25)33-16-24(31)30-29-15-17-4-3-6-21(14-17)34-26(32)19-8-11-20(28)12-9-19/h1-15H,16H2,(H,30,31)/b29-15-. The van der Waals surface area contributed by atoms with E-state index < -0.39 is 11.9 Å². The van der Waals surface area contributed by atoms with Crippen LogP contribution in [0.15, 0.2) is 94.5 Å². The van der Waals surface area contributed by atoms with E-state index in [-0.39, 0.29) is 6.61 Å². The molecule has 0 unspecified atom stereocenters. The van der Waals surface area contributed by atoms with Gasteiger partial charge in [-0.05, 0) is 74.7 Å². The zero-order valence-corrected chi connectivity index (χ0v) is 20.0. The topological polar surface area (TPSA) is 77.0 Å². The molecule has 0 heterocycles. The summed E-state index contributed by atoms with van der Waals surface area (Å²) in [6, 6.07) is 24.8. The van der Waals surface area contributed by atoms with Gasteiger partial charge in [0, 0.05) is 5.02 Å². The Morgan fingerprint density at radius 3 is 2.59 bits per heavy atom. The molecule has 4 rings (SSSR count). The Bertz CT molecular complexity index is 1370. The summed E-state index contributed by atoms with van der Waals surface area (Å²) >= 11 is 9.37. The van der Waals surface area contributed by atoms with E-state index in [0.29, 0.717) is 27.6 Å². The van der Waals surface area contributed by atoms with Crippen LogP contribution in [0.1, 0.15) is 15.9 Å². The molecule has 0 fully saturated rings. The molecule has 0 bridgehead atoms. The first kappa shape index (κ1) is 23.5. The summed E-state index contributed by atoms with van der Waals surface area (Å²) in [6.07, 6.45) is 1.45. The maximum Gasteiger partial charge on any atom is 0.343 e. The Balaban J connectivity index is 1.31. The molecule has 0 spiro atoms. The third kappa shape index (κ3) is 6.01. The Morgan fingerprint density at radius 1 is 0.971 bits per heavy atom. The van der Waals surface area contributed by atoms with Gasteiger partial charge in [0.15, 0.2) is 6.61 Å². The minimum absolute atomic E-state index is 0.201. The van der Waals surface area contributed by atoms with E-state index in [9.17, 15) is 9.59 Å². The number of nitrogens with zero attached hydrogens (tertiary/aromatic N) is 1. The number of hydrogen-bond donors (Lipinski definition) is 1. The van der Waals surface area contributed by atoms with Gasteiger partial charge >= 0.3 is 5.97 Å². The van der Waals surface area contributed by atoms with Crippen molar-refractivity contribution in [3.8, 4) is 11.5 Å². The van der Waals surface area contributed by atoms with Gasteiger partial charge in [0.1, 0.15) is 11.5 Å². The fourth-order valence-electron chi connectivity index (χ4n) is 3.09. The zero-order chi connectivity index (χ0) is 23.9. The van der Waals surface area contributed by atoms with Crippen LogP contribution in [0.4, 0.5) is 0 Å². The van der Waals surface area contributed by atoms with Crippen LogP contribution in [0, 0.1) is 0 Å². The highest BCUT2D eigenvalue weighted by Crippen LogP contribution is 2.32. The number of halogens is 2. The lowest BCUT2D eigenvalue weighted by molar-refractivity contribution is -0.123. The lowest BCUT2D eigenvalue weighted by Gasteiger charge is -2.09. The molecule has 0 aliphatic rings. The summed E-state index contributed by atoms with van der Waals surface area (Å²) in [4.78, 5) is 24.4. The number of rotatable bonds is 7. The quantitative estimate of drug-likeness (QED) is 0.136. The first-order valence-electron chi connectivity index (χ1n) is 10.2. The average Bonchev–Trinajstić information content (AvgIpc) is 2.84. The zero-order valence-electron chi connectivity index (χ0n) is 17.7. The van der Waals surface area contributed by atoms with Crippen molar-refractivity contribution in [1.82, 2.24) is 5.43 Å². The van der Waals surface area contributed by atoms with Gasteiger partial charge < -0.3 is 9.47 Å². The minimum Gasteiger partial charge on any atom is -0.483 e. The monoisotopic (exact) mass is 536 g/mol. The lowest BCUT2D eigenvalue weighted by Crippen LogP contribution is -2.24. The van der Waals surface area contributed by atoms with Crippen LogP contribution in [-0.2, 0) is 4.79 Å². The minimum atomic E-state index is -0.504. The molecule has 8 heteroatoms. The van der Waals surface area contributed by atoms with E-state index in [1.807, 2.05) is 30.3 Å².